The Morgan fingerprint density at radius 2 is 1.76 bits per heavy atom. The van der Waals surface area contributed by atoms with Crippen LogP contribution in [0.25, 0.3) is 22.4 Å². The summed E-state index contributed by atoms with van der Waals surface area (Å²) in [4.78, 5) is 21.9. The average Bonchev–Trinajstić information content (AvgIpc) is 3.40. The number of carbonyl (C=O) groups is 1. The van der Waals surface area contributed by atoms with Gasteiger partial charge in [-0.1, -0.05) is 30.0 Å². The third kappa shape index (κ3) is 3.93. The molecule has 0 saturated heterocycles. The Labute approximate surface area is 194 Å². The van der Waals surface area contributed by atoms with Gasteiger partial charge in [-0.2, -0.15) is 5.10 Å². The van der Waals surface area contributed by atoms with Crippen molar-refractivity contribution in [3.8, 4) is 11.4 Å². The van der Waals surface area contributed by atoms with Gasteiger partial charge in [-0.3, -0.25) is 4.79 Å². The van der Waals surface area contributed by atoms with E-state index in [0.717, 1.165) is 28.1 Å². The number of thioether (sulfide) groups is 1. The van der Waals surface area contributed by atoms with Crippen LogP contribution in [-0.4, -0.2) is 35.9 Å². The van der Waals surface area contributed by atoms with Crippen LogP contribution in [0.15, 0.2) is 78.2 Å². The van der Waals surface area contributed by atoms with Crippen LogP contribution in [0, 0.1) is 19.7 Å². The lowest BCUT2D eigenvalue weighted by atomic mass is 10.2. The predicted molar refractivity (Wildman–Crippen MR) is 127 cm³/mol. The van der Waals surface area contributed by atoms with E-state index in [0.29, 0.717) is 16.2 Å². The van der Waals surface area contributed by atoms with Gasteiger partial charge in [0.2, 0.25) is 0 Å². The molecule has 5 aromatic rings. The van der Waals surface area contributed by atoms with Crippen molar-refractivity contribution in [3.05, 3.63) is 96.0 Å². The number of halogens is 1. The van der Waals surface area contributed by atoms with Crippen LogP contribution in [0.4, 0.5) is 4.39 Å². The lowest BCUT2D eigenvalue weighted by Gasteiger charge is -2.10. The highest BCUT2D eigenvalue weighted by Gasteiger charge is 2.18. The molecule has 0 saturated carbocycles. The summed E-state index contributed by atoms with van der Waals surface area (Å²) in [5.41, 5.74) is 4.82. The van der Waals surface area contributed by atoms with Gasteiger partial charge in [0.25, 0.3) is 0 Å². The maximum Gasteiger partial charge on any atom is 0.174 e. The maximum absolute atomic E-state index is 13.3. The van der Waals surface area contributed by atoms with Crippen molar-refractivity contribution in [2.45, 2.75) is 18.9 Å². The lowest BCUT2D eigenvalue weighted by molar-refractivity contribution is 0.102. The van der Waals surface area contributed by atoms with Crippen LogP contribution in [-0.2, 0) is 0 Å². The highest BCUT2D eigenvalue weighted by molar-refractivity contribution is 8.00. The first kappa shape index (κ1) is 21.1. The molecule has 3 aromatic heterocycles. The minimum Gasteiger partial charge on any atom is -0.318 e. The third-order valence-corrected chi connectivity index (χ3v) is 6.49. The number of rotatable bonds is 6. The number of hydrogen-bond donors (Lipinski definition) is 0. The van der Waals surface area contributed by atoms with E-state index in [1.54, 1.807) is 23.0 Å². The molecule has 0 aliphatic carbocycles. The molecule has 0 aliphatic heterocycles. The summed E-state index contributed by atoms with van der Waals surface area (Å²) in [6.45, 7) is 3.84. The lowest BCUT2D eigenvalue weighted by Crippen LogP contribution is -2.06. The summed E-state index contributed by atoms with van der Waals surface area (Å²) in [5.74, 6) is -0.0552. The fourth-order valence-electron chi connectivity index (χ4n) is 3.94. The summed E-state index contributed by atoms with van der Waals surface area (Å²) in [7, 11) is 0. The Balaban J connectivity index is 1.39. The standard InChI is InChI=1S/C25H20FN5OS/c1-16-12-21(17(2)30(16)19-10-8-18(26)9-11-19)23(32)14-33-25-22-13-29-31(24(22)27-15-28-25)20-6-4-3-5-7-20/h3-13,15H,14H2,1-2H3. The Morgan fingerprint density at radius 1 is 1.00 bits per heavy atom. The van der Waals surface area contributed by atoms with Gasteiger partial charge in [0.15, 0.2) is 11.4 Å². The number of Topliss-reactive ketones (excluding diaryl/α,β-unsaturated/α-hetero) is 1. The summed E-state index contributed by atoms with van der Waals surface area (Å²) in [6, 6.07) is 17.9. The number of carbonyl (C=O) groups excluding carboxylic acids is 1. The molecule has 0 aliphatic rings. The van der Waals surface area contributed by atoms with Crippen molar-refractivity contribution >= 4 is 28.6 Å². The van der Waals surface area contributed by atoms with Gasteiger partial charge in [0.1, 0.15) is 17.2 Å². The van der Waals surface area contributed by atoms with Gasteiger partial charge in [-0.05, 0) is 56.3 Å². The molecule has 3 heterocycles. The number of benzene rings is 2. The summed E-state index contributed by atoms with van der Waals surface area (Å²) in [6.07, 6.45) is 3.23. The third-order valence-electron chi connectivity index (χ3n) is 5.49. The van der Waals surface area contributed by atoms with Crippen molar-refractivity contribution in [1.29, 1.82) is 0 Å². The molecule has 0 amide bonds. The first-order valence-corrected chi connectivity index (χ1v) is 11.4. The van der Waals surface area contributed by atoms with E-state index < -0.39 is 0 Å². The number of hydrogen-bond acceptors (Lipinski definition) is 5. The molecule has 0 N–H and O–H groups in total. The van der Waals surface area contributed by atoms with Crippen LogP contribution in [0.2, 0.25) is 0 Å². The van der Waals surface area contributed by atoms with E-state index in [1.807, 2.05) is 54.8 Å². The van der Waals surface area contributed by atoms with Crippen molar-refractivity contribution < 1.29 is 9.18 Å². The topological polar surface area (TPSA) is 65.6 Å². The summed E-state index contributed by atoms with van der Waals surface area (Å²) in [5, 5.41) is 5.98. The highest BCUT2D eigenvalue weighted by atomic mass is 32.2. The highest BCUT2D eigenvalue weighted by Crippen LogP contribution is 2.28. The molecule has 0 unspecified atom stereocenters. The molecule has 0 spiro atoms. The van der Waals surface area contributed by atoms with Crippen LogP contribution < -0.4 is 0 Å². The van der Waals surface area contributed by atoms with Gasteiger partial charge >= 0.3 is 0 Å². The SMILES string of the molecule is Cc1cc(C(=O)CSc2ncnc3c2cnn3-c2ccccc2)c(C)n1-c1ccc(F)cc1. The van der Waals surface area contributed by atoms with Gasteiger partial charge in [-0.25, -0.2) is 19.0 Å². The van der Waals surface area contributed by atoms with E-state index in [2.05, 4.69) is 15.1 Å². The molecular weight excluding hydrogens is 437 g/mol. The van der Waals surface area contributed by atoms with E-state index in [4.69, 9.17) is 0 Å². The van der Waals surface area contributed by atoms with Crippen LogP contribution in [0.1, 0.15) is 21.7 Å². The Bertz CT molecular complexity index is 1460. The van der Waals surface area contributed by atoms with Gasteiger partial charge in [0, 0.05) is 22.6 Å². The molecule has 0 radical (unpaired) electrons. The molecule has 0 fully saturated rings. The van der Waals surface area contributed by atoms with E-state index in [9.17, 15) is 9.18 Å². The summed E-state index contributed by atoms with van der Waals surface area (Å²) < 4.78 is 17.1. The molecule has 2 aromatic carbocycles. The monoisotopic (exact) mass is 457 g/mol. The zero-order valence-electron chi connectivity index (χ0n) is 18.1. The minimum atomic E-state index is -0.291. The van der Waals surface area contributed by atoms with Crippen LogP contribution in [0.3, 0.4) is 0 Å². The summed E-state index contributed by atoms with van der Waals surface area (Å²) >= 11 is 1.37. The normalized spacial score (nSPS) is 11.2. The molecule has 6 nitrogen and oxygen atoms in total. The van der Waals surface area contributed by atoms with E-state index >= 15 is 0 Å². The minimum absolute atomic E-state index is 0.00340. The fourth-order valence-corrected chi connectivity index (χ4v) is 4.78. The smallest absolute Gasteiger partial charge is 0.174 e. The number of fused-ring (bicyclic) bond motifs is 1. The fraction of sp³-hybridized carbons (Fsp3) is 0.120. The molecule has 33 heavy (non-hydrogen) atoms. The molecule has 8 heteroatoms. The van der Waals surface area contributed by atoms with Gasteiger partial charge in [-0.15, -0.1) is 0 Å². The molecular formula is C25H20FN5OS. The average molecular weight is 458 g/mol. The number of aryl methyl sites for hydroxylation is 1. The molecule has 0 atom stereocenters. The van der Waals surface area contributed by atoms with E-state index in [1.165, 1.54) is 30.2 Å². The van der Waals surface area contributed by atoms with Crippen LogP contribution >= 0.6 is 11.8 Å². The van der Waals surface area contributed by atoms with Crippen molar-refractivity contribution in [2.75, 3.05) is 5.75 Å². The van der Waals surface area contributed by atoms with Crippen molar-refractivity contribution in [2.24, 2.45) is 0 Å². The second-order valence-corrected chi connectivity index (χ2v) is 8.58. The zero-order chi connectivity index (χ0) is 22.9. The largest absolute Gasteiger partial charge is 0.318 e. The van der Waals surface area contributed by atoms with E-state index in [-0.39, 0.29) is 17.4 Å². The Morgan fingerprint density at radius 3 is 2.52 bits per heavy atom. The first-order valence-electron chi connectivity index (χ1n) is 10.4. The van der Waals surface area contributed by atoms with Gasteiger partial charge < -0.3 is 4.57 Å². The maximum atomic E-state index is 13.3. The molecule has 164 valence electrons. The number of aromatic nitrogens is 5. The van der Waals surface area contributed by atoms with Crippen molar-refractivity contribution in [1.82, 2.24) is 24.3 Å². The van der Waals surface area contributed by atoms with Crippen molar-refractivity contribution in [3.63, 3.8) is 0 Å². The molecule has 0 bridgehead atoms. The second kappa shape index (κ2) is 8.63. The first-order chi connectivity index (χ1) is 16.0. The predicted octanol–water partition coefficient (Wildman–Crippen LogP) is 5.34. The number of para-hydroxylation sites is 1. The number of ketones is 1. The number of nitrogens with zero attached hydrogens (tertiary/aromatic N) is 5. The zero-order valence-corrected chi connectivity index (χ0v) is 18.9. The second-order valence-electron chi connectivity index (χ2n) is 7.62. The Hall–Kier alpha value is -3.78. The molecule has 5 rings (SSSR count). The van der Waals surface area contributed by atoms with Gasteiger partial charge in [0.05, 0.1) is 23.0 Å². The van der Waals surface area contributed by atoms with Crippen LogP contribution in [0.5, 0.6) is 0 Å². The Kier molecular flexibility index (Phi) is 5.51. The quantitative estimate of drug-likeness (QED) is 0.196.